The molecule has 1 amide bonds. The Bertz CT molecular complexity index is 436. The second kappa shape index (κ2) is 3.87. The van der Waals surface area contributed by atoms with E-state index in [-0.39, 0.29) is 16.6 Å². The summed E-state index contributed by atoms with van der Waals surface area (Å²) in [5.41, 5.74) is 1.61. The van der Waals surface area contributed by atoms with E-state index >= 15 is 0 Å². The van der Waals surface area contributed by atoms with Gasteiger partial charge in [0.15, 0.2) is 0 Å². The molecule has 1 aromatic rings. The molecule has 0 spiro atoms. The first kappa shape index (κ1) is 11.1. The fraction of sp³-hybridized carbons (Fsp3) is 0.300. The van der Waals surface area contributed by atoms with Gasteiger partial charge in [0.2, 0.25) is 5.91 Å². The highest BCUT2D eigenvalue weighted by molar-refractivity contribution is 9.10. The van der Waals surface area contributed by atoms with Gasteiger partial charge in [-0.1, -0.05) is 15.9 Å². The van der Waals surface area contributed by atoms with Gasteiger partial charge in [0.25, 0.3) is 0 Å². The number of hydrogen-bond donors (Lipinski definition) is 0. The Morgan fingerprint density at radius 3 is 2.87 bits per heavy atom. The molecule has 0 aromatic heterocycles. The highest BCUT2D eigenvalue weighted by atomic mass is 79.9. The van der Waals surface area contributed by atoms with Crippen LogP contribution in [0.2, 0.25) is 0 Å². The highest BCUT2D eigenvalue weighted by Crippen LogP contribution is 2.33. The third-order valence-corrected chi connectivity index (χ3v) is 3.80. The number of nitrogens with zero attached hydrogens (tertiary/aromatic N) is 1. The Hall–Kier alpha value is -0.420. The van der Waals surface area contributed by atoms with Crippen molar-refractivity contribution in [1.82, 2.24) is 0 Å². The van der Waals surface area contributed by atoms with E-state index in [1.165, 1.54) is 6.07 Å². The fourth-order valence-electron chi connectivity index (χ4n) is 1.66. The molecule has 2 rings (SSSR count). The number of fused-ring (bicyclic) bond motifs is 1. The maximum absolute atomic E-state index is 13.3. The SMILES string of the molecule is CN1C(=O)C(Br)Cc2cc(F)c(Br)cc21. The number of amides is 1. The second-order valence-electron chi connectivity index (χ2n) is 3.46. The number of anilines is 1. The lowest BCUT2D eigenvalue weighted by Crippen LogP contribution is -2.39. The van der Waals surface area contributed by atoms with Crippen LogP contribution in [0, 0.1) is 5.82 Å². The van der Waals surface area contributed by atoms with E-state index in [4.69, 9.17) is 0 Å². The monoisotopic (exact) mass is 335 g/mol. The molecule has 0 aliphatic carbocycles. The highest BCUT2D eigenvalue weighted by Gasteiger charge is 2.29. The molecule has 1 aromatic carbocycles. The summed E-state index contributed by atoms with van der Waals surface area (Å²) < 4.78 is 13.7. The Balaban J connectivity index is 2.56. The summed E-state index contributed by atoms with van der Waals surface area (Å²) in [5.74, 6) is -0.294. The first-order chi connectivity index (χ1) is 7.00. The van der Waals surface area contributed by atoms with Gasteiger partial charge in [-0.15, -0.1) is 0 Å². The molecule has 0 fully saturated rings. The predicted molar refractivity (Wildman–Crippen MR) is 63.9 cm³/mol. The number of benzene rings is 1. The molecule has 15 heavy (non-hydrogen) atoms. The zero-order valence-electron chi connectivity index (χ0n) is 7.93. The molecular weight excluding hydrogens is 329 g/mol. The molecule has 1 atom stereocenters. The summed E-state index contributed by atoms with van der Waals surface area (Å²) in [6, 6.07) is 3.11. The summed E-state index contributed by atoms with van der Waals surface area (Å²) in [6.07, 6.45) is 0.530. The molecule has 80 valence electrons. The largest absolute Gasteiger partial charge is 0.314 e. The first-order valence-corrected chi connectivity index (χ1v) is 6.11. The van der Waals surface area contributed by atoms with E-state index in [2.05, 4.69) is 31.9 Å². The molecule has 0 N–H and O–H groups in total. The van der Waals surface area contributed by atoms with Crippen molar-refractivity contribution in [2.75, 3.05) is 11.9 Å². The van der Waals surface area contributed by atoms with E-state index < -0.39 is 0 Å². The van der Waals surface area contributed by atoms with E-state index in [9.17, 15) is 9.18 Å². The van der Waals surface area contributed by atoms with Crippen molar-refractivity contribution >= 4 is 43.5 Å². The third-order valence-electron chi connectivity index (χ3n) is 2.48. The van der Waals surface area contributed by atoms with E-state index in [1.807, 2.05) is 0 Å². The minimum absolute atomic E-state index is 0.000933. The average molecular weight is 337 g/mol. The van der Waals surface area contributed by atoms with Gasteiger partial charge in [0.1, 0.15) is 5.82 Å². The van der Waals surface area contributed by atoms with Gasteiger partial charge in [-0.3, -0.25) is 4.79 Å². The van der Waals surface area contributed by atoms with Gasteiger partial charge in [-0.25, -0.2) is 4.39 Å². The van der Waals surface area contributed by atoms with Crippen molar-refractivity contribution in [2.45, 2.75) is 11.2 Å². The lowest BCUT2D eigenvalue weighted by Gasteiger charge is -2.29. The van der Waals surface area contributed by atoms with Crippen molar-refractivity contribution in [3.8, 4) is 0 Å². The zero-order chi connectivity index (χ0) is 11.2. The van der Waals surface area contributed by atoms with Gasteiger partial charge < -0.3 is 4.90 Å². The smallest absolute Gasteiger partial charge is 0.240 e. The normalized spacial score (nSPS) is 20.4. The molecule has 0 radical (unpaired) electrons. The number of halogens is 3. The van der Waals surface area contributed by atoms with Gasteiger partial charge in [0, 0.05) is 12.7 Å². The summed E-state index contributed by atoms with van der Waals surface area (Å²) in [6.45, 7) is 0. The molecule has 0 bridgehead atoms. The number of carbonyl (C=O) groups is 1. The van der Waals surface area contributed by atoms with Gasteiger partial charge in [-0.2, -0.15) is 0 Å². The quantitative estimate of drug-likeness (QED) is 0.667. The van der Waals surface area contributed by atoms with Crippen molar-refractivity contribution in [1.29, 1.82) is 0 Å². The maximum atomic E-state index is 13.3. The van der Waals surface area contributed by atoms with Crippen LogP contribution in [-0.2, 0) is 11.2 Å². The molecule has 0 saturated heterocycles. The minimum Gasteiger partial charge on any atom is -0.314 e. The molecule has 5 heteroatoms. The van der Waals surface area contributed by atoms with Crippen molar-refractivity contribution < 1.29 is 9.18 Å². The van der Waals surface area contributed by atoms with Crippen molar-refractivity contribution in [2.24, 2.45) is 0 Å². The van der Waals surface area contributed by atoms with Crippen LogP contribution in [-0.4, -0.2) is 17.8 Å². The molecule has 1 heterocycles. The van der Waals surface area contributed by atoms with Crippen LogP contribution in [0.5, 0.6) is 0 Å². The Morgan fingerprint density at radius 1 is 1.53 bits per heavy atom. The third kappa shape index (κ3) is 1.83. The van der Waals surface area contributed by atoms with E-state index in [1.54, 1.807) is 18.0 Å². The maximum Gasteiger partial charge on any atom is 0.240 e. The summed E-state index contributed by atoms with van der Waals surface area (Å²) >= 11 is 6.39. The Kier molecular flexibility index (Phi) is 2.85. The topological polar surface area (TPSA) is 20.3 Å². The number of rotatable bonds is 0. The van der Waals surface area contributed by atoms with Crippen LogP contribution >= 0.6 is 31.9 Å². The van der Waals surface area contributed by atoms with Gasteiger partial charge in [-0.05, 0) is 40.0 Å². The molecular formula is C10H8Br2FNO. The minimum atomic E-state index is -0.295. The molecule has 1 aliphatic heterocycles. The van der Waals surface area contributed by atoms with E-state index in [0.29, 0.717) is 10.9 Å². The number of hydrogen-bond acceptors (Lipinski definition) is 1. The summed E-state index contributed by atoms with van der Waals surface area (Å²) in [5, 5.41) is 0. The number of alkyl halides is 1. The predicted octanol–water partition coefficient (Wildman–Crippen LogP) is 2.87. The Labute approximate surface area is 104 Å². The average Bonchev–Trinajstić information content (AvgIpc) is 2.19. The molecule has 1 aliphatic rings. The molecule has 0 saturated carbocycles. The van der Waals surface area contributed by atoms with Crippen LogP contribution < -0.4 is 4.90 Å². The van der Waals surface area contributed by atoms with Crippen LogP contribution in [0.15, 0.2) is 16.6 Å². The van der Waals surface area contributed by atoms with Crippen LogP contribution in [0.25, 0.3) is 0 Å². The van der Waals surface area contributed by atoms with Gasteiger partial charge >= 0.3 is 0 Å². The van der Waals surface area contributed by atoms with Gasteiger partial charge in [0.05, 0.1) is 9.30 Å². The molecule has 1 unspecified atom stereocenters. The number of carbonyl (C=O) groups excluding carboxylic acids is 1. The fourth-order valence-corrected chi connectivity index (χ4v) is 2.65. The standard InChI is InChI=1S/C10H8Br2FNO/c1-14-9-4-6(11)8(13)3-5(9)2-7(12)10(14)15/h3-4,7H,2H2,1H3. The zero-order valence-corrected chi connectivity index (χ0v) is 11.1. The molecule has 2 nitrogen and oxygen atoms in total. The van der Waals surface area contributed by atoms with Crippen molar-refractivity contribution in [3.05, 3.63) is 28.0 Å². The second-order valence-corrected chi connectivity index (χ2v) is 5.42. The Morgan fingerprint density at radius 2 is 2.20 bits per heavy atom. The lowest BCUT2D eigenvalue weighted by molar-refractivity contribution is -0.117. The first-order valence-electron chi connectivity index (χ1n) is 4.40. The van der Waals surface area contributed by atoms with Crippen LogP contribution in [0.3, 0.4) is 0 Å². The van der Waals surface area contributed by atoms with Crippen molar-refractivity contribution in [3.63, 3.8) is 0 Å². The van der Waals surface area contributed by atoms with E-state index in [0.717, 1.165) is 11.3 Å². The summed E-state index contributed by atoms with van der Waals surface area (Å²) in [4.78, 5) is 12.9. The summed E-state index contributed by atoms with van der Waals surface area (Å²) in [7, 11) is 1.69. The van der Waals surface area contributed by atoms with Crippen LogP contribution in [0.4, 0.5) is 10.1 Å². The lowest BCUT2D eigenvalue weighted by atomic mass is 10.0. The van der Waals surface area contributed by atoms with Crippen LogP contribution in [0.1, 0.15) is 5.56 Å².